The van der Waals surface area contributed by atoms with Crippen molar-refractivity contribution in [3.8, 4) is 0 Å². The van der Waals surface area contributed by atoms with E-state index in [2.05, 4.69) is 45.7 Å². The zero-order valence-electron chi connectivity index (χ0n) is 17.2. The summed E-state index contributed by atoms with van der Waals surface area (Å²) >= 11 is 0. The number of guanidine groups is 1. The summed E-state index contributed by atoms with van der Waals surface area (Å²) in [6.45, 7) is 8.98. The van der Waals surface area contributed by atoms with Crippen molar-refractivity contribution >= 4 is 12.1 Å². The van der Waals surface area contributed by atoms with Crippen LogP contribution in [0.25, 0.3) is 0 Å². The molecule has 152 valence electrons. The van der Waals surface area contributed by atoms with Gasteiger partial charge in [-0.25, -0.2) is 4.79 Å². The molecule has 0 aromatic carbocycles. The highest BCUT2D eigenvalue weighted by molar-refractivity contribution is 5.80. The van der Waals surface area contributed by atoms with Crippen LogP contribution in [0.1, 0.15) is 45.1 Å². The first-order chi connectivity index (χ1) is 12.9. The molecule has 27 heavy (non-hydrogen) atoms. The van der Waals surface area contributed by atoms with E-state index >= 15 is 0 Å². The van der Waals surface area contributed by atoms with Crippen LogP contribution in [0.4, 0.5) is 4.79 Å². The van der Waals surface area contributed by atoms with Gasteiger partial charge >= 0.3 is 6.09 Å². The van der Waals surface area contributed by atoms with Gasteiger partial charge in [0, 0.05) is 51.9 Å². The maximum Gasteiger partial charge on any atom is 0.407 e. The minimum Gasteiger partial charge on any atom is -0.450 e. The highest BCUT2D eigenvalue weighted by Gasteiger charge is 2.27. The number of ether oxygens (including phenoxy) is 1. The molecule has 2 heterocycles. The van der Waals surface area contributed by atoms with Gasteiger partial charge in [0.1, 0.15) is 0 Å². The molecule has 1 aliphatic rings. The summed E-state index contributed by atoms with van der Waals surface area (Å²) in [7, 11) is 3.75. The van der Waals surface area contributed by atoms with Gasteiger partial charge in [-0.2, -0.15) is 5.10 Å². The standard InChI is InChI=1S/C19H34N6O2/c1-6-27-19(26)23-17(9-14(2)3)11-21-18(20-4)25-8-7-15(13-25)16-10-22-24(5)12-16/h10,12,14-15,17H,6-9,11,13H2,1-5H3,(H,20,21)(H,23,26). The smallest absolute Gasteiger partial charge is 0.407 e. The molecule has 8 nitrogen and oxygen atoms in total. The first-order valence-electron chi connectivity index (χ1n) is 9.80. The molecule has 1 fully saturated rings. The van der Waals surface area contributed by atoms with Gasteiger partial charge < -0.3 is 20.3 Å². The number of hydrogen-bond donors (Lipinski definition) is 2. The maximum absolute atomic E-state index is 11.8. The van der Waals surface area contributed by atoms with E-state index in [-0.39, 0.29) is 12.1 Å². The highest BCUT2D eigenvalue weighted by Crippen LogP contribution is 2.26. The van der Waals surface area contributed by atoms with Crippen LogP contribution >= 0.6 is 0 Å². The van der Waals surface area contributed by atoms with E-state index in [0.29, 0.717) is 25.0 Å². The Kier molecular flexibility index (Phi) is 7.94. The number of rotatable bonds is 7. The van der Waals surface area contributed by atoms with Crippen LogP contribution < -0.4 is 10.6 Å². The monoisotopic (exact) mass is 378 g/mol. The van der Waals surface area contributed by atoms with E-state index in [1.807, 2.05) is 24.9 Å². The molecule has 0 radical (unpaired) electrons. The normalized spacial score (nSPS) is 18.7. The van der Waals surface area contributed by atoms with Crippen molar-refractivity contribution in [2.24, 2.45) is 18.0 Å². The molecule has 1 aromatic heterocycles. The van der Waals surface area contributed by atoms with Crippen molar-refractivity contribution < 1.29 is 9.53 Å². The van der Waals surface area contributed by atoms with Gasteiger partial charge in [-0.15, -0.1) is 0 Å². The summed E-state index contributed by atoms with van der Waals surface area (Å²) in [5, 5.41) is 10.7. The number of aromatic nitrogens is 2. The van der Waals surface area contributed by atoms with Gasteiger partial charge in [-0.1, -0.05) is 13.8 Å². The van der Waals surface area contributed by atoms with E-state index in [1.54, 1.807) is 7.05 Å². The second kappa shape index (κ2) is 10.2. The Labute approximate surface area is 162 Å². The van der Waals surface area contributed by atoms with E-state index in [1.165, 1.54) is 5.56 Å². The van der Waals surface area contributed by atoms with Crippen molar-refractivity contribution in [1.29, 1.82) is 0 Å². The second-order valence-corrected chi connectivity index (χ2v) is 7.50. The molecule has 0 aliphatic carbocycles. The van der Waals surface area contributed by atoms with Gasteiger partial charge in [0.15, 0.2) is 5.96 Å². The third-order valence-electron chi connectivity index (χ3n) is 4.76. The molecule has 1 saturated heterocycles. The molecule has 2 atom stereocenters. The van der Waals surface area contributed by atoms with E-state index in [9.17, 15) is 4.79 Å². The van der Waals surface area contributed by atoms with Crippen LogP contribution in [0.2, 0.25) is 0 Å². The lowest BCUT2D eigenvalue weighted by Crippen LogP contribution is -2.48. The Balaban J connectivity index is 1.90. The van der Waals surface area contributed by atoms with Gasteiger partial charge in [0.05, 0.1) is 12.8 Å². The Bertz CT molecular complexity index is 627. The number of carbonyl (C=O) groups is 1. The predicted octanol–water partition coefficient (Wildman–Crippen LogP) is 1.95. The molecule has 0 bridgehead atoms. The molecule has 0 spiro atoms. The molecule has 8 heteroatoms. The Morgan fingerprint density at radius 1 is 1.48 bits per heavy atom. The largest absolute Gasteiger partial charge is 0.450 e. The lowest BCUT2D eigenvalue weighted by molar-refractivity contribution is 0.146. The van der Waals surface area contributed by atoms with Gasteiger partial charge in [-0.05, 0) is 31.2 Å². The number of aryl methyl sites for hydroxylation is 1. The van der Waals surface area contributed by atoms with Gasteiger partial charge in [0.2, 0.25) is 0 Å². The first-order valence-corrected chi connectivity index (χ1v) is 9.80. The topological polar surface area (TPSA) is 83.8 Å². The first kappa shape index (κ1) is 21.1. The summed E-state index contributed by atoms with van der Waals surface area (Å²) in [5.41, 5.74) is 1.28. The summed E-state index contributed by atoms with van der Waals surface area (Å²) < 4.78 is 6.88. The number of nitrogens with zero attached hydrogens (tertiary/aromatic N) is 4. The molecule has 2 unspecified atom stereocenters. The summed E-state index contributed by atoms with van der Waals surface area (Å²) in [6, 6.07) is -0.00229. The lowest BCUT2D eigenvalue weighted by atomic mass is 10.0. The van der Waals surface area contributed by atoms with E-state index < -0.39 is 0 Å². The van der Waals surface area contributed by atoms with Crippen LogP contribution in [-0.4, -0.2) is 66.1 Å². The Hall–Kier alpha value is -2.25. The average Bonchev–Trinajstić information content (AvgIpc) is 3.24. The molecule has 2 rings (SSSR count). The van der Waals surface area contributed by atoms with Crippen molar-refractivity contribution in [2.45, 2.75) is 45.6 Å². The average molecular weight is 379 g/mol. The van der Waals surface area contributed by atoms with Crippen LogP contribution in [0.5, 0.6) is 0 Å². The molecule has 1 aromatic rings. The Morgan fingerprint density at radius 3 is 2.85 bits per heavy atom. The molecule has 1 amide bonds. The zero-order chi connectivity index (χ0) is 19.8. The second-order valence-electron chi connectivity index (χ2n) is 7.50. The molecule has 1 aliphatic heterocycles. The maximum atomic E-state index is 11.8. The number of aliphatic imine (C=N–C) groups is 1. The van der Waals surface area contributed by atoms with Crippen molar-refractivity contribution in [3.05, 3.63) is 18.0 Å². The van der Waals surface area contributed by atoms with Gasteiger partial charge in [-0.3, -0.25) is 9.67 Å². The number of alkyl carbamates (subject to hydrolysis) is 1. The number of carbonyl (C=O) groups excluding carboxylic acids is 1. The van der Waals surface area contributed by atoms with Gasteiger partial charge in [0.25, 0.3) is 0 Å². The van der Waals surface area contributed by atoms with E-state index in [0.717, 1.165) is 31.9 Å². The number of amides is 1. The van der Waals surface area contributed by atoms with Crippen LogP contribution in [0, 0.1) is 5.92 Å². The number of nitrogens with one attached hydrogen (secondary N) is 2. The minimum absolute atomic E-state index is 0.00229. The fourth-order valence-corrected chi connectivity index (χ4v) is 3.52. The molecule has 2 N–H and O–H groups in total. The molecule has 0 saturated carbocycles. The lowest BCUT2D eigenvalue weighted by Gasteiger charge is -2.25. The Morgan fingerprint density at radius 2 is 2.26 bits per heavy atom. The summed E-state index contributed by atoms with van der Waals surface area (Å²) in [4.78, 5) is 18.5. The third kappa shape index (κ3) is 6.45. The molecular formula is C19H34N6O2. The fourth-order valence-electron chi connectivity index (χ4n) is 3.52. The van der Waals surface area contributed by atoms with E-state index in [4.69, 9.17) is 4.74 Å². The van der Waals surface area contributed by atoms with Crippen molar-refractivity contribution in [2.75, 3.05) is 33.3 Å². The van der Waals surface area contributed by atoms with Crippen molar-refractivity contribution in [1.82, 2.24) is 25.3 Å². The summed E-state index contributed by atoms with van der Waals surface area (Å²) in [5.74, 6) is 1.82. The van der Waals surface area contributed by atoms with Crippen LogP contribution in [-0.2, 0) is 11.8 Å². The predicted molar refractivity (Wildman–Crippen MR) is 107 cm³/mol. The number of hydrogen-bond acceptors (Lipinski definition) is 4. The summed E-state index contributed by atoms with van der Waals surface area (Å²) in [6.07, 6.45) is 5.64. The third-order valence-corrected chi connectivity index (χ3v) is 4.76. The number of likely N-dealkylation sites (tertiary alicyclic amines) is 1. The molecular weight excluding hydrogens is 344 g/mol. The minimum atomic E-state index is -0.363. The highest BCUT2D eigenvalue weighted by atomic mass is 16.5. The van der Waals surface area contributed by atoms with Crippen LogP contribution in [0.15, 0.2) is 17.4 Å². The van der Waals surface area contributed by atoms with Crippen LogP contribution in [0.3, 0.4) is 0 Å². The van der Waals surface area contributed by atoms with Crippen molar-refractivity contribution in [3.63, 3.8) is 0 Å². The quantitative estimate of drug-likeness (QED) is 0.560. The fraction of sp³-hybridized carbons (Fsp3) is 0.737. The zero-order valence-corrected chi connectivity index (χ0v) is 17.2. The SMILES string of the molecule is CCOC(=O)NC(CNC(=NC)N1CCC(c2cnn(C)c2)C1)CC(C)C.